The second kappa shape index (κ2) is 11.7. The quantitative estimate of drug-likeness (QED) is 0.570. The van der Waals surface area contributed by atoms with Gasteiger partial charge in [-0.25, -0.2) is 4.79 Å². The number of ether oxygens (including phenoxy) is 1. The largest absolute Gasteiger partial charge is 0.444 e. The zero-order valence-electron chi connectivity index (χ0n) is 21.4. The van der Waals surface area contributed by atoms with Gasteiger partial charge in [0.15, 0.2) is 0 Å². The minimum absolute atomic E-state index is 0.00256. The summed E-state index contributed by atoms with van der Waals surface area (Å²) in [6, 6.07) is 11.1. The lowest BCUT2D eigenvalue weighted by atomic mass is 9.96. The standard InChI is InChI=1S/C27H37N3O4S/c1-19(2)30(26(33)34-27(3,4)5)18-21-8-6-14-29(17-21)25(32)22-12-10-20(11-13-22)16-28-24(31)23-9-7-15-35-23/h7,9-13,15,19,21H,6,8,14,16-18H2,1-5H3,(H,28,31). The first-order valence-corrected chi connectivity index (χ1v) is 13.1. The Morgan fingerprint density at radius 1 is 1.17 bits per heavy atom. The average molecular weight is 500 g/mol. The Labute approximate surface area is 212 Å². The number of likely N-dealkylation sites (tertiary alicyclic amines) is 1. The van der Waals surface area contributed by atoms with Crippen molar-refractivity contribution in [2.24, 2.45) is 5.92 Å². The molecular weight excluding hydrogens is 462 g/mol. The maximum absolute atomic E-state index is 13.2. The van der Waals surface area contributed by atoms with Gasteiger partial charge in [-0.3, -0.25) is 9.59 Å². The van der Waals surface area contributed by atoms with E-state index in [1.807, 2.05) is 75.2 Å². The summed E-state index contributed by atoms with van der Waals surface area (Å²) in [4.78, 5) is 42.3. The predicted octanol–water partition coefficient (Wildman–Crippen LogP) is 5.18. The maximum Gasteiger partial charge on any atom is 0.410 e. The molecule has 1 N–H and O–H groups in total. The number of carbonyl (C=O) groups is 3. The van der Waals surface area contributed by atoms with Crippen molar-refractivity contribution < 1.29 is 19.1 Å². The highest BCUT2D eigenvalue weighted by atomic mass is 32.1. The molecule has 0 spiro atoms. The second-order valence-electron chi connectivity index (χ2n) is 10.3. The molecule has 0 aliphatic carbocycles. The van der Waals surface area contributed by atoms with Crippen LogP contribution in [0.5, 0.6) is 0 Å². The van der Waals surface area contributed by atoms with Gasteiger partial charge in [0.1, 0.15) is 5.60 Å². The monoisotopic (exact) mass is 499 g/mol. The number of nitrogens with one attached hydrogen (secondary N) is 1. The highest BCUT2D eigenvalue weighted by Crippen LogP contribution is 2.22. The summed E-state index contributed by atoms with van der Waals surface area (Å²) in [7, 11) is 0. The number of nitrogens with zero attached hydrogens (tertiary/aromatic N) is 2. The summed E-state index contributed by atoms with van der Waals surface area (Å²) in [6.45, 7) is 11.9. The lowest BCUT2D eigenvalue weighted by Crippen LogP contribution is -2.48. The van der Waals surface area contributed by atoms with E-state index in [0.717, 1.165) is 18.4 Å². The molecule has 0 radical (unpaired) electrons. The number of hydrogen-bond donors (Lipinski definition) is 1. The molecule has 8 heteroatoms. The van der Waals surface area contributed by atoms with Crippen LogP contribution in [0.25, 0.3) is 0 Å². The van der Waals surface area contributed by atoms with Crippen LogP contribution in [0.2, 0.25) is 0 Å². The molecule has 35 heavy (non-hydrogen) atoms. The van der Waals surface area contributed by atoms with Crippen LogP contribution in [0.3, 0.4) is 0 Å². The third-order valence-corrected chi connectivity index (χ3v) is 6.78. The molecule has 1 atom stereocenters. The van der Waals surface area contributed by atoms with E-state index in [1.54, 1.807) is 11.0 Å². The lowest BCUT2D eigenvalue weighted by molar-refractivity contribution is 0.0124. The van der Waals surface area contributed by atoms with E-state index in [9.17, 15) is 14.4 Å². The van der Waals surface area contributed by atoms with E-state index in [4.69, 9.17) is 4.74 Å². The highest BCUT2D eigenvalue weighted by Gasteiger charge is 2.30. The number of hydrogen-bond acceptors (Lipinski definition) is 5. The molecule has 1 unspecified atom stereocenters. The van der Waals surface area contributed by atoms with Gasteiger partial charge < -0.3 is 19.9 Å². The summed E-state index contributed by atoms with van der Waals surface area (Å²) in [5.41, 5.74) is 1.03. The number of thiophene rings is 1. The molecule has 1 saturated heterocycles. The van der Waals surface area contributed by atoms with Crippen molar-refractivity contribution in [2.45, 2.75) is 65.6 Å². The summed E-state index contributed by atoms with van der Waals surface area (Å²) in [6.07, 6.45) is 1.57. The van der Waals surface area contributed by atoms with E-state index in [1.165, 1.54) is 11.3 Å². The molecule has 1 aromatic heterocycles. The van der Waals surface area contributed by atoms with E-state index < -0.39 is 5.60 Å². The fourth-order valence-corrected chi connectivity index (χ4v) is 4.76. The number of amides is 3. The number of carbonyl (C=O) groups excluding carboxylic acids is 3. The summed E-state index contributed by atoms with van der Waals surface area (Å²) >= 11 is 1.41. The van der Waals surface area contributed by atoms with Gasteiger partial charge in [0.25, 0.3) is 11.8 Å². The van der Waals surface area contributed by atoms with Crippen LogP contribution in [0, 0.1) is 5.92 Å². The van der Waals surface area contributed by atoms with Crippen molar-refractivity contribution in [3.63, 3.8) is 0 Å². The van der Waals surface area contributed by atoms with Crippen LogP contribution >= 0.6 is 11.3 Å². The Hall–Kier alpha value is -2.87. The molecule has 190 valence electrons. The van der Waals surface area contributed by atoms with Gasteiger partial charge in [-0.05, 0) is 82.5 Å². The fraction of sp³-hybridized carbons (Fsp3) is 0.519. The molecular formula is C27H37N3O4S. The first kappa shape index (κ1) is 26.7. The number of rotatable bonds is 7. The van der Waals surface area contributed by atoms with E-state index in [0.29, 0.717) is 36.6 Å². The zero-order chi connectivity index (χ0) is 25.6. The van der Waals surface area contributed by atoms with Crippen LogP contribution in [-0.2, 0) is 11.3 Å². The zero-order valence-corrected chi connectivity index (χ0v) is 22.2. The first-order valence-electron chi connectivity index (χ1n) is 12.2. The van der Waals surface area contributed by atoms with Crippen molar-refractivity contribution in [1.82, 2.24) is 15.1 Å². The number of piperidine rings is 1. The minimum Gasteiger partial charge on any atom is -0.444 e. The van der Waals surface area contributed by atoms with Crippen LogP contribution < -0.4 is 5.32 Å². The van der Waals surface area contributed by atoms with Gasteiger partial charge in [0.05, 0.1) is 4.88 Å². The molecule has 2 heterocycles. The van der Waals surface area contributed by atoms with Crippen LogP contribution in [0.15, 0.2) is 41.8 Å². The van der Waals surface area contributed by atoms with E-state index >= 15 is 0 Å². The van der Waals surface area contributed by atoms with E-state index in [-0.39, 0.29) is 29.9 Å². The van der Waals surface area contributed by atoms with Crippen LogP contribution in [-0.4, -0.2) is 59.0 Å². The average Bonchev–Trinajstić information content (AvgIpc) is 3.35. The molecule has 2 aromatic rings. The SMILES string of the molecule is CC(C)N(CC1CCCN(C(=O)c2ccc(CNC(=O)c3cccs3)cc2)C1)C(=O)OC(C)(C)C. The molecule has 3 rings (SSSR count). The molecule has 7 nitrogen and oxygen atoms in total. The Morgan fingerprint density at radius 3 is 2.49 bits per heavy atom. The Morgan fingerprint density at radius 2 is 1.89 bits per heavy atom. The topological polar surface area (TPSA) is 79.0 Å². The molecule has 1 fully saturated rings. The third-order valence-electron chi connectivity index (χ3n) is 5.91. The molecule has 3 amide bonds. The number of benzene rings is 1. The van der Waals surface area contributed by atoms with Crippen molar-refractivity contribution >= 4 is 29.2 Å². The fourth-order valence-electron chi connectivity index (χ4n) is 4.12. The summed E-state index contributed by atoms with van der Waals surface area (Å²) < 4.78 is 5.59. The summed E-state index contributed by atoms with van der Waals surface area (Å²) in [5.74, 6) is 0.105. The molecule has 1 aliphatic rings. The van der Waals surface area contributed by atoms with E-state index in [2.05, 4.69) is 5.32 Å². The van der Waals surface area contributed by atoms with Crippen molar-refractivity contribution in [2.75, 3.05) is 19.6 Å². The Kier molecular flexibility index (Phi) is 8.94. The Bertz CT molecular complexity index is 996. The highest BCUT2D eigenvalue weighted by molar-refractivity contribution is 7.12. The van der Waals surface area contributed by atoms with Gasteiger partial charge in [-0.1, -0.05) is 18.2 Å². The molecule has 1 aromatic carbocycles. The molecule has 0 saturated carbocycles. The van der Waals surface area contributed by atoms with Crippen LogP contribution in [0.1, 0.15) is 73.1 Å². The second-order valence-corrected chi connectivity index (χ2v) is 11.3. The van der Waals surface area contributed by atoms with Gasteiger partial charge >= 0.3 is 6.09 Å². The van der Waals surface area contributed by atoms with Gasteiger partial charge in [-0.2, -0.15) is 0 Å². The Balaban J connectivity index is 1.56. The van der Waals surface area contributed by atoms with Gasteiger partial charge in [0.2, 0.25) is 0 Å². The van der Waals surface area contributed by atoms with Crippen molar-refractivity contribution in [3.05, 3.63) is 57.8 Å². The van der Waals surface area contributed by atoms with Gasteiger partial charge in [-0.15, -0.1) is 11.3 Å². The van der Waals surface area contributed by atoms with Crippen molar-refractivity contribution in [3.8, 4) is 0 Å². The van der Waals surface area contributed by atoms with Crippen molar-refractivity contribution in [1.29, 1.82) is 0 Å². The lowest BCUT2D eigenvalue weighted by Gasteiger charge is -2.37. The molecule has 0 bridgehead atoms. The summed E-state index contributed by atoms with van der Waals surface area (Å²) in [5, 5.41) is 4.78. The maximum atomic E-state index is 13.2. The predicted molar refractivity (Wildman–Crippen MR) is 139 cm³/mol. The smallest absolute Gasteiger partial charge is 0.410 e. The molecule has 1 aliphatic heterocycles. The normalized spacial score (nSPS) is 16.2. The van der Waals surface area contributed by atoms with Crippen LogP contribution in [0.4, 0.5) is 4.79 Å². The third kappa shape index (κ3) is 7.82. The first-order chi connectivity index (χ1) is 16.5. The minimum atomic E-state index is -0.544. The van der Waals surface area contributed by atoms with Gasteiger partial charge in [0, 0.05) is 37.8 Å².